The normalized spacial score (nSPS) is 17.6. The number of nitrogens with one attached hydrogen (secondary N) is 1. The van der Waals surface area contributed by atoms with Gasteiger partial charge in [0.2, 0.25) is 0 Å². The van der Waals surface area contributed by atoms with Gasteiger partial charge in [0.25, 0.3) is 5.91 Å². The molecule has 2 aliphatic heterocycles. The minimum Gasteiger partial charge on any atom is -0.490 e. The molecule has 0 bridgehead atoms. The fourth-order valence-electron chi connectivity index (χ4n) is 4.60. The third-order valence-corrected chi connectivity index (χ3v) is 6.62. The van der Waals surface area contributed by atoms with Crippen molar-refractivity contribution in [1.82, 2.24) is 15.2 Å². The molecule has 7 heteroatoms. The van der Waals surface area contributed by atoms with Crippen LogP contribution in [-0.2, 0) is 4.74 Å². The van der Waals surface area contributed by atoms with Gasteiger partial charge >= 0.3 is 0 Å². The average molecular weight is 461 g/mol. The zero-order chi connectivity index (χ0) is 23.2. The summed E-state index contributed by atoms with van der Waals surface area (Å²) in [6.07, 6.45) is 3.77. The largest absolute Gasteiger partial charge is 0.490 e. The molecule has 3 aromatic rings. The lowest BCUT2D eigenvalue weighted by molar-refractivity contribution is 0.0383. The van der Waals surface area contributed by atoms with E-state index in [1.165, 1.54) is 10.8 Å². The molecule has 1 N–H and O–H groups in total. The van der Waals surface area contributed by atoms with E-state index in [4.69, 9.17) is 9.47 Å². The Balaban J connectivity index is 1.08. The van der Waals surface area contributed by atoms with Gasteiger partial charge in [0, 0.05) is 58.3 Å². The number of aromatic nitrogens is 1. The molecular weight excluding hydrogens is 428 g/mol. The number of rotatable bonds is 7. The lowest BCUT2D eigenvalue weighted by atomic mass is 10.1. The quantitative estimate of drug-likeness (QED) is 0.583. The summed E-state index contributed by atoms with van der Waals surface area (Å²) in [5.41, 5.74) is 0.597. The maximum atomic E-state index is 12.4. The molecule has 2 saturated heterocycles. The molecule has 0 aliphatic carbocycles. The number of piperidine rings is 1. The Labute approximate surface area is 200 Å². The predicted octanol–water partition coefficient (Wildman–Crippen LogP) is 3.34. The smallest absolute Gasteiger partial charge is 0.252 e. The summed E-state index contributed by atoms with van der Waals surface area (Å²) in [7, 11) is 0. The van der Waals surface area contributed by atoms with Gasteiger partial charge in [-0.25, -0.2) is 4.98 Å². The lowest BCUT2D eigenvalue weighted by Gasteiger charge is -2.33. The van der Waals surface area contributed by atoms with E-state index in [2.05, 4.69) is 62.6 Å². The molecule has 7 nitrogen and oxygen atoms in total. The first-order chi connectivity index (χ1) is 16.7. The van der Waals surface area contributed by atoms with Gasteiger partial charge in [-0.15, -0.1) is 0 Å². The highest BCUT2D eigenvalue weighted by atomic mass is 16.5. The summed E-state index contributed by atoms with van der Waals surface area (Å²) in [6, 6.07) is 18.4. The number of carbonyl (C=O) groups is 1. The van der Waals surface area contributed by atoms with Gasteiger partial charge in [-0.2, -0.15) is 0 Å². The monoisotopic (exact) mass is 460 g/mol. The second-order valence-electron chi connectivity index (χ2n) is 8.93. The first kappa shape index (κ1) is 22.6. The number of hydrogen-bond acceptors (Lipinski definition) is 6. The number of ether oxygens (including phenoxy) is 2. The van der Waals surface area contributed by atoms with E-state index in [9.17, 15) is 4.79 Å². The van der Waals surface area contributed by atoms with Crippen molar-refractivity contribution in [2.45, 2.75) is 18.9 Å². The van der Waals surface area contributed by atoms with E-state index in [1.54, 1.807) is 6.20 Å². The van der Waals surface area contributed by atoms with Crippen LogP contribution in [0.5, 0.6) is 5.75 Å². The fourth-order valence-corrected chi connectivity index (χ4v) is 4.60. The van der Waals surface area contributed by atoms with E-state index in [1.807, 2.05) is 12.1 Å². The van der Waals surface area contributed by atoms with Gasteiger partial charge in [-0.3, -0.25) is 9.69 Å². The predicted molar refractivity (Wildman–Crippen MR) is 134 cm³/mol. The molecule has 2 aromatic carbocycles. The molecule has 0 atom stereocenters. The van der Waals surface area contributed by atoms with Crippen LogP contribution in [0.3, 0.4) is 0 Å². The molecule has 0 saturated carbocycles. The number of carbonyl (C=O) groups excluding carboxylic acids is 1. The highest BCUT2D eigenvalue weighted by Crippen LogP contribution is 2.25. The Kier molecular flexibility index (Phi) is 7.22. The van der Waals surface area contributed by atoms with Gasteiger partial charge in [0.05, 0.1) is 18.8 Å². The zero-order valence-electron chi connectivity index (χ0n) is 19.5. The van der Waals surface area contributed by atoms with Gasteiger partial charge in [0.1, 0.15) is 17.7 Å². The number of amides is 1. The van der Waals surface area contributed by atoms with Crippen LogP contribution in [-0.4, -0.2) is 74.4 Å². The first-order valence-corrected chi connectivity index (χ1v) is 12.2. The average Bonchev–Trinajstić information content (AvgIpc) is 2.90. The third kappa shape index (κ3) is 5.66. The molecule has 34 heavy (non-hydrogen) atoms. The molecule has 0 spiro atoms. The Morgan fingerprint density at radius 2 is 1.79 bits per heavy atom. The highest BCUT2D eigenvalue weighted by Gasteiger charge is 2.22. The molecule has 2 aliphatic rings. The minimum absolute atomic E-state index is 0.0743. The van der Waals surface area contributed by atoms with Gasteiger partial charge in [-0.05, 0) is 35.0 Å². The number of morpholine rings is 1. The molecule has 5 rings (SSSR count). The topological polar surface area (TPSA) is 66.9 Å². The molecule has 178 valence electrons. The number of anilines is 1. The van der Waals surface area contributed by atoms with E-state index in [0.717, 1.165) is 70.3 Å². The molecule has 3 heterocycles. The summed E-state index contributed by atoms with van der Waals surface area (Å²) in [5, 5.41) is 5.42. The Morgan fingerprint density at radius 3 is 2.56 bits per heavy atom. The van der Waals surface area contributed by atoms with Crippen LogP contribution in [0, 0.1) is 0 Å². The van der Waals surface area contributed by atoms with Crippen molar-refractivity contribution in [2.24, 2.45) is 0 Å². The van der Waals surface area contributed by atoms with Gasteiger partial charge in [0.15, 0.2) is 0 Å². The van der Waals surface area contributed by atoms with Crippen LogP contribution in [0.15, 0.2) is 60.8 Å². The van der Waals surface area contributed by atoms with Crippen LogP contribution in [0.1, 0.15) is 23.2 Å². The Morgan fingerprint density at radius 1 is 1.00 bits per heavy atom. The second-order valence-corrected chi connectivity index (χ2v) is 8.93. The van der Waals surface area contributed by atoms with Crippen molar-refractivity contribution in [1.29, 1.82) is 0 Å². The number of benzene rings is 2. The summed E-state index contributed by atoms with van der Waals surface area (Å²) in [5.74, 6) is 1.77. The van der Waals surface area contributed by atoms with Crippen molar-refractivity contribution in [3.8, 4) is 5.75 Å². The van der Waals surface area contributed by atoms with E-state index in [-0.39, 0.29) is 12.0 Å². The van der Waals surface area contributed by atoms with Crippen LogP contribution in [0.4, 0.5) is 5.82 Å². The summed E-state index contributed by atoms with van der Waals surface area (Å²) >= 11 is 0. The molecule has 1 amide bonds. The van der Waals surface area contributed by atoms with E-state index >= 15 is 0 Å². The van der Waals surface area contributed by atoms with Crippen LogP contribution >= 0.6 is 0 Å². The second kappa shape index (κ2) is 10.8. The SMILES string of the molecule is O=C(NCCN1CCOCC1)c1ccc(N2CCC(Oc3ccc4ccccc4c3)CC2)nc1. The molecule has 1 aromatic heterocycles. The van der Waals surface area contributed by atoms with Crippen LogP contribution in [0.2, 0.25) is 0 Å². The third-order valence-electron chi connectivity index (χ3n) is 6.62. The van der Waals surface area contributed by atoms with Crippen molar-refractivity contribution in [2.75, 3.05) is 57.4 Å². The van der Waals surface area contributed by atoms with Crippen molar-refractivity contribution in [3.05, 3.63) is 66.4 Å². The minimum atomic E-state index is -0.0743. The maximum absolute atomic E-state index is 12.4. The van der Waals surface area contributed by atoms with Crippen molar-refractivity contribution < 1.29 is 14.3 Å². The molecule has 0 unspecified atom stereocenters. The zero-order valence-corrected chi connectivity index (χ0v) is 19.5. The number of nitrogens with zero attached hydrogens (tertiary/aromatic N) is 3. The number of pyridine rings is 1. The summed E-state index contributed by atoms with van der Waals surface area (Å²) in [6.45, 7) is 6.64. The maximum Gasteiger partial charge on any atom is 0.252 e. The molecule has 0 radical (unpaired) electrons. The summed E-state index contributed by atoms with van der Waals surface area (Å²) in [4.78, 5) is 21.6. The molecular formula is C27H32N4O3. The first-order valence-electron chi connectivity index (χ1n) is 12.2. The van der Waals surface area contributed by atoms with Crippen molar-refractivity contribution in [3.63, 3.8) is 0 Å². The standard InChI is InChI=1S/C27H32N4O3/c32-27(28-11-14-30-15-17-33-18-16-30)23-6-8-26(29-20-23)31-12-9-24(10-13-31)34-25-7-5-21-3-1-2-4-22(21)19-25/h1-8,19-20,24H,9-18H2,(H,28,32). The number of hydrogen-bond donors (Lipinski definition) is 1. The van der Waals surface area contributed by atoms with Gasteiger partial charge < -0.3 is 19.7 Å². The van der Waals surface area contributed by atoms with E-state index in [0.29, 0.717) is 12.1 Å². The molecule has 2 fully saturated rings. The van der Waals surface area contributed by atoms with E-state index < -0.39 is 0 Å². The Bertz CT molecular complexity index is 1090. The van der Waals surface area contributed by atoms with Crippen LogP contribution < -0.4 is 15.0 Å². The fraction of sp³-hybridized carbons (Fsp3) is 0.407. The lowest BCUT2D eigenvalue weighted by Crippen LogP contribution is -2.41. The Hall–Kier alpha value is -3.16. The van der Waals surface area contributed by atoms with Gasteiger partial charge in [-0.1, -0.05) is 30.3 Å². The van der Waals surface area contributed by atoms with Crippen molar-refractivity contribution >= 4 is 22.5 Å². The summed E-state index contributed by atoms with van der Waals surface area (Å²) < 4.78 is 11.6. The van der Waals surface area contributed by atoms with Crippen LogP contribution in [0.25, 0.3) is 10.8 Å². The highest BCUT2D eigenvalue weighted by molar-refractivity contribution is 5.94. The number of fused-ring (bicyclic) bond motifs is 1.